The second-order valence-electron chi connectivity index (χ2n) is 8.18. The summed E-state index contributed by atoms with van der Waals surface area (Å²) in [5, 5.41) is 0. The normalized spacial score (nSPS) is 12.8. The monoisotopic (exact) mass is 556 g/mol. The largest absolute Gasteiger partial charge is 0.524 e. The molecule has 0 amide bonds. The summed E-state index contributed by atoms with van der Waals surface area (Å²) in [5.74, 6) is 1.05. The van der Waals surface area contributed by atoms with E-state index in [0.717, 1.165) is 25.7 Å². The molecule has 3 aromatic carbocycles. The predicted octanol–water partition coefficient (Wildman–Crippen LogP) is 8.11. The standard InChI is InChI=1S/C27H31F3O5S2/c1-3-5-20-33-22-12-16-25(17-13-22)36(24-10-8-7-9-11-24,35-37(31,32)27(28,29)30)26-18-14-23(15-19-26)34-21-6-4-2/h7-19H,3-6,20-21H2,1-2H3. The zero-order chi connectivity index (χ0) is 26.9. The lowest BCUT2D eigenvalue weighted by Crippen LogP contribution is -2.27. The summed E-state index contributed by atoms with van der Waals surface area (Å²) in [7, 11) is -9.36. The summed E-state index contributed by atoms with van der Waals surface area (Å²) in [4.78, 5) is 0.838. The molecule has 0 heterocycles. The highest BCUT2D eigenvalue weighted by atomic mass is 32.3. The molecule has 202 valence electrons. The molecule has 3 rings (SSSR count). The number of hydrogen-bond acceptors (Lipinski definition) is 5. The first-order chi connectivity index (χ1) is 17.6. The van der Waals surface area contributed by atoms with Gasteiger partial charge in [0.25, 0.3) is 0 Å². The van der Waals surface area contributed by atoms with Crippen molar-refractivity contribution in [3.8, 4) is 11.5 Å². The Morgan fingerprint density at radius 2 is 1.05 bits per heavy atom. The number of alkyl halides is 3. The van der Waals surface area contributed by atoms with E-state index in [1.165, 1.54) is 0 Å². The van der Waals surface area contributed by atoms with Crippen LogP contribution in [-0.2, 0) is 13.7 Å². The van der Waals surface area contributed by atoms with Crippen molar-refractivity contribution in [1.82, 2.24) is 0 Å². The average molecular weight is 557 g/mol. The van der Waals surface area contributed by atoms with Crippen LogP contribution in [0, 0.1) is 0 Å². The van der Waals surface area contributed by atoms with Gasteiger partial charge in [0.2, 0.25) is 0 Å². The van der Waals surface area contributed by atoms with E-state index in [1.54, 1.807) is 78.9 Å². The molecule has 3 aromatic rings. The second kappa shape index (κ2) is 12.7. The van der Waals surface area contributed by atoms with Crippen molar-refractivity contribution >= 4 is 20.4 Å². The van der Waals surface area contributed by atoms with Crippen LogP contribution in [0.3, 0.4) is 0 Å². The van der Waals surface area contributed by atoms with Gasteiger partial charge in [-0.25, -0.2) is 0 Å². The highest BCUT2D eigenvalue weighted by Crippen LogP contribution is 2.70. The number of benzene rings is 3. The third kappa shape index (κ3) is 7.00. The minimum Gasteiger partial charge on any atom is -0.494 e. The van der Waals surface area contributed by atoms with Crippen molar-refractivity contribution in [3.05, 3.63) is 78.9 Å². The van der Waals surface area contributed by atoms with Crippen LogP contribution in [0.4, 0.5) is 13.2 Å². The Balaban J connectivity index is 2.18. The quantitative estimate of drug-likeness (QED) is 0.157. The van der Waals surface area contributed by atoms with Crippen LogP contribution in [0.25, 0.3) is 0 Å². The van der Waals surface area contributed by atoms with Crippen molar-refractivity contribution in [3.63, 3.8) is 0 Å². The van der Waals surface area contributed by atoms with E-state index in [2.05, 4.69) is 0 Å². The fourth-order valence-corrected chi connectivity index (χ4v) is 8.16. The molecule has 0 aliphatic heterocycles. The summed E-state index contributed by atoms with van der Waals surface area (Å²) in [6.45, 7) is 5.04. The van der Waals surface area contributed by atoms with E-state index in [9.17, 15) is 21.6 Å². The van der Waals surface area contributed by atoms with Crippen molar-refractivity contribution in [2.75, 3.05) is 13.2 Å². The fourth-order valence-electron chi connectivity index (χ4n) is 3.43. The summed E-state index contributed by atoms with van der Waals surface area (Å²) >= 11 is 0. The summed E-state index contributed by atoms with van der Waals surface area (Å²) in [5.41, 5.74) is -5.60. The van der Waals surface area contributed by atoms with Crippen LogP contribution < -0.4 is 9.47 Å². The third-order valence-corrected chi connectivity index (χ3v) is 10.3. The second-order valence-corrected chi connectivity index (χ2v) is 12.6. The van der Waals surface area contributed by atoms with Gasteiger partial charge in [-0.3, -0.25) is 0 Å². The van der Waals surface area contributed by atoms with Gasteiger partial charge in [0.1, 0.15) is 11.5 Å². The molecule has 0 saturated heterocycles. The molecule has 0 unspecified atom stereocenters. The Labute approximate surface area is 218 Å². The third-order valence-electron chi connectivity index (χ3n) is 5.39. The Morgan fingerprint density at radius 3 is 1.43 bits per heavy atom. The Morgan fingerprint density at radius 1 is 0.649 bits per heavy atom. The number of rotatable bonds is 13. The van der Waals surface area contributed by atoms with E-state index in [-0.39, 0.29) is 9.79 Å². The first-order valence-electron chi connectivity index (χ1n) is 12.0. The fraction of sp³-hybridized carbons (Fsp3) is 0.333. The SMILES string of the molecule is CCCCOc1ccc(S(OS(=O)(=O)C(F)(F)F)(c2ccccc2)c2ccc(OCCCC)cc2)cc1. The molecule has 37 heavy (non-hydrogen) atoms. The van der Waals surface area contributed by atoms with Gasteiger partial charge >= 0.3 is 15.6 Å². The van der Waals surface area contributed by atoms with Crippen molar-refractivity contribution in [2.45, 2.75) is 59.7 Å². The number of halogens is 3. The lowest BCUT2D eigenvalue weighted by atomic mass is 10.3. The van der Waals surface area contributed by atoms with Crippen LogP contribution in [-0.4, -0.2) is 27.1 Å². The van der Waals surface area contributed by atoms with Crippen LogP contribution >= 0.6 is 10.3 Å². The van der Waals surface area contributed by atoms with Crippen LogP contribution in [0.5, 0.6) is 11.5 Å². The highest BCUT2D eigenvalue weighted by Gasteiger charge is 2.52. The van der Waals surface area contributed by atoms with Gasteiger partial charge in [-0.05, 0) is 83.8 Å². The van der Waals surface area contributed by atoms with Crippen LogP contribution in [0.15, 0.2) is 93.5 Å². The molecular weight excluding hydrogens is 525 g/mol. The molecular formula is C27H31F3O5S2. The maximum absolute atomic E-state index is 13.6. The Hall–Kier alpha value is -2.69. The van der Waals surface area contributed by atoms with Gasteiger partial charge in [-0.1, -0.05) is 44.9 Å². The molecule has 0 radical (unpaired) electrons. The smallest absolute Gasteiger partial charge is 0.494 e. The summed E-state index contributed by atoms with van der Waals surface area (Å²) < 4.78 is 82.6. The minimum atomic E-state index is -5.98. The molecule has 0 aliphatic carbocycles. The average Bonchev–Trinajstić information content (AvgIpc) is 2.88. The Bertz CT molecular complexity index is 1160. The van der Waals surface area contributed by atoms with E-state index in [4.69, 9.17) is 13.1 Å². The zero-order valence-electron chi connectivity index (χ0n) is 20.7. The van der Waals surface area contributed by atoms with E-state index in [0.29, 0.717) is 29.6 Å². The molecule has 0 aromatic heterocycles. The van der Waals surface area contributed by atoms with E-state index >= 15 is 0 Å². The molecule has 0 fully saturated rings. The topological polar surface area (TPSA) is 61.8 Å². The summed E-state index contributed by atoms with van der Waals surface area (Å²) in [6, 6.07) is 20.8. The molecule has 0 saturated carbocycles. The Kier molecular flexibility index (Phi) is 9.92. The van der Waals surface area contributed by atoms with Crippen molar-refractivity contribution < 1.29 is 34.7 Å². The molecule has 0 spiro atoms. The van der Waals surface area contributed by atoms with Gasteiger partial charge in [-0.2, -0.15) is 25.2 Å². The van der Waals surface area contributed by atoms with Crippen molar-refractivity contribution in [2.24, 2.45) is 0 Å². The van der Waals surface area contributed by atoms with E-state index < -0.39 is 25.9 Å². The highest BCUT2D eigenvalue weighted by molar-refractivity contribution is 8.33. The van der Waals surface area contributed by atoms with Gasteiger partial charge in [0.05, 0.1) is 13.2 Å². The number of ether oxygens (including phenoxy) is 2. The first-order valence-corrected chi connectivity index (χ1v) is 15.0. The van der Waals surface area contributed by atoms with Crippen molar-refractivity contribution in [1.29, 1.82) is 0 Å². The summed E-state index contributed by atoms with van der Waals surface area (Å²) in [6.07, 6.45) is 3.59. The van der Waals surface area contributed by atoms with Gasteiger partial charge in [-0.15, -0.1) is 0 Å². The maximum atomic E-state index is 13.6. The molecule has 5 nitrogen and oxygen atoms in total. The van der Waals surface area contributed by atoms with Crippen LogP contribution in [0.1, 0.15) is 39.5 Å². The lowest BCUT2D eigenvalue weighted by Gasteiger charge is -2.39. The minimum absolute atomic E-state index is 0.272. The van der Waals surface area contributed by atoms with E-state index in [1.807, 2.05) is 13.8 Å². The van der Waals surface area contributed by atoms with Gasteiger partial charge in [0, 0.05) is 14.7 Å². The predicted molar refractivity (Wildman–Crippen MR) is 139 cm³/mol. The zero-order valence-corrected chi connectivity index (χ0v) is 22.4. The molecule has 0 N–H and O–H groups in total. The molecule has 0 bridgehead atoms. The maximum Gasteiger partial charge on any atom is 0.524 e. The number of unbranched alkanes of at least 4 members (excludes halogenated alkanes) is 2. The van der Waals surface area contributed by atoms with Gasteiger partial charge < -0.3 is 9.47 Å². The molecule has 0 aliphatic rings. The van der Waals surface area contributed by atoms with Gasteiger partial charge in [0.15, 0.2) is 0 Å². The van der Waals surface area contributed by atoms with Crippen LogP contribution in [0.2, 0.25) is 0 Å². The number of hydrogen-bond donors (Lipinski definition) is 0. The molecule has 0 atom stereocenters. The lowest BCUT2D eigenvalue weighted by molar-refractivity contribution is -0.0496. The molecule has 10 heteroatoms. The first kappa shape index (κ1) is 28.9.